The molecule has 1 aromatic rings. The van der Waals surface area contributed by atoms with Crippen LogP contribution >= 0.6 is 0 Å². The summed E-state index contributed by atoms with van der Waals surface area (Å²) in [6, 6.07) is 4.09. The highest BCUT2D eigenvalue weighted by Crippen LogP contribution is 2.33. The van der Waals surface area contributed by atoms with Crippen molar-refractivity contribution < 1.29 is 32.7 Å². The summed E-state index contributed by atoms with van der Waals surface area (Å²) < 4.78 is 42.9. The van der Waals surface area contributed by atoms with Crippen molar-refractivity contribution in [2.75, 3.05) is 6.61 Å². The van der Waals surface area contributed by atoms with Gasteiger partial charge in [0.2, 0.25) is 6.10 Å². The molecule has 1 atom stereocenters. The monoisotopic (exact) mass is 319 g/mol. The molecule has 22 heavy (non-hydrogen) atoms. The third-order valence-electron chi connectivity index (χ3n) is 2.57. The second-order valence-electron chi connectivity index (χ2n) is 4.07. The number of esters is 1. The molecule has 0 aliphatic carbocycles. The Morgan fingerprint density at radius 3 is 2.55 bits per heavy atom. The lowest BCUT2D eigenvalue weighted by molar-refractivity contribution is -0.432. The first-order chi connectivity index (χ1) is 10.2. The van der Waals surface area contributed by atoms with E-state index in [4.69, 9.17) is 0 Å². The molecule has 120 valence electrons. The summed E-state index contributed by atoms with van der Waals surface area (Å²) in [6.07, 6.45) is -6.51. The van der Waals surface area contributed by atoms with Gasteiger partial charge in [0, 0.05) is 6.08 Å². The first kappa shape index (κ1) is 17.6. The zero-order chi connectivity index (χ0) is 16.9. The number of nitro groups is 1. The first-order valence-corrected chi connectivity index (χ1v) is 6.05. The maximum absolute atomic E-state index is 12.8. The van der Waals surface area contributed by atoms with Crippen molar-refractivity contribution in [1.29, 1.82) is 0 Å². The second-order valence-corrected chi connectivity index (χ2v) is 4.07. The summed E-state index contributed by atoms with van der Waals surface area (Å²) in [6.45, 7) is 1.28. The van der Waals surface area contributed by atoms with E-state index >= 15 is 0 Å². The third-order valence-corrected chi connectivity index (χ3v) is 2.57. The molecule has 1 N–H and O–H groups in total. The molecule has 0 spiro atoms. The SMILES string of the molecule is CCOC(=O)C(O)/C(=C\c1ccccc1C(F)(F)F)[N+](=O)[O-]. The fraction of sp³-hybridized carbons (Fsp3) is 0.308. The van der Waals surface area contributed by atoms with E-state index in [9.17, 15) is 33.2 Å². The predicted octanol–water partition coefficient (Wildman–Crippen LogP) is 2.25. The molecule has 0 bridgehead atoms. The molecule has 0 aliphatic heterocycles. The second kappa shape index (κ2) is 7.03. The van der Waals surface area contributed by atoms with Crippen LogP contribution in [0.15, 0.2) is 30.0 Å². The van der Waals surface area contributed by atoms with Gasteiger partial charge in [-0.05, 0) is 18.6 Å². The molecule has 1 unspecified atom stereocenters. The number of carbonyl (C=O) groups excluding carboxylic acids is 1. The Hall–Kier alpha value is -2.42. The first-order valence-electron chi connectivity index (χ1n) is 6.05. The molecule has 0 heterocycles. The van der Waals surface area contributed by atoms with Gasteiger partial charge in [-0.2, -0.15) is 13.2 Å². The normalized spacial score (nSPS) is 13.6. The van der Waals surface area contributed by atoms with E-state index in [1.54, 1.807) is 0 Å². The number of aliphatic hydroxyl groups is 1. The van der Waals surface area contributed by atoms with Crippen molar-refractivity contribution in [1.82, 2.24) is 0 Å². The minimum atomic E-state index is -4.73. The molecule has 1 rings (SSSR count). The zero-order valence-corrected chi connectivity index (χ0v) is 11.3. The summed E-state index contributed by atoms with van der Waals surface area (Å²) in [7, 11) is 0. The lowest BCUT2D eigenvalue weighted by atomic mass is 10.0. The standard InChI is InChI=1S/C13H12F3NO5/c1-2-22-12(19)11(18)10(17(20)21)7-8-5-3-4-6-9(8)13(14,15)16/h3-7,11,18H,2H2,1H3/b10-7+. The Kier molecular flexibility index (Phi) is 5.63. The number of alkyl halides is 3. The van der Waals surface area contributed by atoms with Crippen molar-refractivity contribution in [3.8, 4) is 0 Å². The Balaban J connectivity index is 3.32. The van der Waals surface area contributed by atoms with Gasteiger partial charge in [-0.3, -0.25) is 10.1 Å². The van der Waals surface area contributed by atoms with Gasteiger partial charge >= 0.3 is 12.1 Å². The minimum Gasteiger partial charge on any atom is -0.464 e. The molecule has 0 aromatic heterocycles. The van der Waals surface area contributed by atoms with E-state index in [1.807, 2.05) is 0 Å². The highest BCUT2D eigenvalue weighted by Gasteiger charge is 2.35. The maximum Gasteiger partial charge on any atom is 0.416 e. The van der Waals surface area contributed by atoms with Crippen molar-refractivity contribution >= 4 is 12.0 Å². The number of ether oxygens (including phenoxy) is 1. The molecule has 0 saturated carbocycles. The molecule has 1 aromatic carbocycles. The Bertz CT molecular complexity index is 598. The molecule has 0 saturated heterocycles. The van der Waals surface area contributed by atoms with Crippen LogP contribution in [0.25, 0.3) is 6.08 Å². The lowest BCUT2D eigenvalue weighted by Gasteiger charge is -2.11. The largest absolute Gasteiger partial charge is 0.464 e. The van der Waals surface area contributed by atoms with Gasteiger partial charge in [0.1, 0.15) is 0 Å². The molecule has 0 aliphatic rings. The Morgan fingerprint density at radius 2 is 2.05 bits per heavy atom. The molecule has 0 radical (unpaired) electrons. The van der Waals surface area contributed by atoms with E-state index < -0.39 is 40.0 Å². The van der Waals surface area contributed by atoms with E-state index in [-0.39, 0.29) is 6.61 Å². The summed E-state index contributed by atoms with van der Waals surface area (Å²) in [5.74, 6) is -1.31. The zero-order valence-electron chi connectivity index (χ0n) is 11.3. The van der Waals surface area contributed by atoms with Gasteiger partial charge in [-0.15, -0.1) is 0 Å². The average molecular weight is 319 g/mol. The van der Waals surface area contributed by atoms with Crippen LogP contribution in [0.3, 0.4) is 0 Å². The molecule has 0 fully saturated rings. The number of aliphatic hydroxyl groups excluding tert-OH is 1. The van der Waals surface area contributed by atoms with Crippen LogP contribution < -0.4 is 0 Å². The van der Waals surface area contributed by atoms with Gasteiger partial charge in [0.15, 0.2) is 0 Å². The van der Waals surface area contributed by atoms with Crippen LogP contribution in [0, 0.1) is 10.1 Å². The summed E-state index contributed by atoms with van der Waals surface area (Å²) in [5.41, 5.74) is -2.76. The number of benzene rings is 1. The molecular formula is C13H12F3NO5. The lowest BCUT2D eigenvalue weighted by Crippen LogP contribution is -2.28. The van der Waals surface area contributed by atoms with E-state index in [2.05, 4.69) is 4.74 Å². The summed E-state index contributed by atoms with van der Waals surface area (Å²) in [5, 5.41) is 20.5. The highest BCUT2D eigenvalue weighted by molar-refractivity contribution is 5.79. The van der Waals surface area contributed by atoms with Crippen molar-refractivity contribution in [3.05, 3.63) is 51.2 Å². The van der Waals surface area contributed by atoms with Gasteiger partial charge in [-0.25, -0.2) is 4.79 Å². The molecule has 6 nitrogen and oxygen atoms in total. The van der Waals surface area contributed by atoms with Gasteiger partial charge in [-0.1, -0.05) is 18.2 Å². The fourth-order valence-electron chi connectivity index (χ4n) is 1.61. The van der Waals surface area contributed by atoms with Gasteiger partial charge in [0.25, 0.3) is 5.70 Å². The number of rotatable bonds is 5. The molecule has 9 heteroatoms. The van der Waals surface area contributed by atoms with Crippen LogP contribution in [0.2, 0.25) is 0 Å². The van der Waals surface area contributed by atoms with Crippen LogP contribution in [0.4, 0.5) is 13.2 Å². The van der Waals surface area contributed by atoms with Crippen LogP contribution in [0.1, 0.15) is 18.1 Å². The van der Waals surface area contributed by atoms with Gasteiger partial charge < -0.3 is 9.84 Å². The van der Waals surface area contributed by atoms with Crippen molar-refractivity contribution in [2.45, 2.75) is 19.2 Å². The fourth-order valence-corrected chi connectivity index (χ4v) is 1.61. The summed E-state index contributed by atoms with van der Waals surface area (Å²) >= 11 is 0. The molecule has 0 amide bonds. The topological polar surface area (TPSA) is 89.7 Å². The van der Waals surface area contributed by atoms with Crippen LogP contribution in [-0.2, 0) is 15.7 Å². The number of halogens is 3. The third kappa shape index (κ3) is 4.29. The van der Waals surface area contributed by atoms with E-state index in [0.717, 1.165) is 18.2 Å². The van der Waals surface area contributed by atoms with Crippen LogP contribution in [-0.4, -0.2) is 28.7 Å². The predicted molar refractivity (Wildman–Crippen MR) is 69.1 cm³/mol. The number of hydrogen-bond acceptors (Lipinski definition) is 5. The average Bonchev–Trinajstić information content (AvgIpc) is 2.43. The Morgan fingerprint density at radius 1 is 1.45 bits per heavy atom. The Labute approximate surface area is 123 Å². The highest BCUT2D eigenvalue weighted by atomic mass is 19.4. The van der Waals surface area contributed by atoms with E-state index in [0.29, 0.717) is 6.08 Å². The smallest absolute Gasteiger partial charge is 0.416 e. The van der Waals surface area contributed by atoms with Crippen molar-refractivity contribution in [3.63, 3.8) is 0 Å². The maximum atomic E-state index is 12.8. The number of carbonyl (C=O) groups is 1. The van der Waals surface area contributed by atoms with Crippen LogP contribution in [0.5, 0.6) is 0 Å². The minimum absolute atomic E-state index is 0.139. The quantitative estimate of drug-likeness (QED) is 0.511. The summed E-state index contributed by atoms with van der Waals surface area (Å²) in [4.78, 5) is 21.1. The number of hydrogen-bond donors (Lipinski definition) is 1. The van der Waals surface area contributed by atoms with E-state index in [1.165, 1.54) is 13.0 Å². The van der Waals surface area contributed by atoms with Crippen molar-refractivity contribution in [2.24, 2.45) is 0 Å². The molecular weight excluding hydrogens is 307 g/mol. The number of nitrogens with zero attached hydrogens (tertiary/aromatic N) is 1. The van der Waals surface area contributed by atoms with Gasteiger partial charge in [0.05, 0.1) is 17.1 Å².